The third-order valence-corrected chi connectivity index (χ3v) is 4.84. The Morgan fingerprint density at radius 1 is 1.03 bits per heavy atom. The number of amides is 1. The maximum absolute atomic E-state index is 12.5. The van der Waals surface area contributed by atoms with Crippen molar-refractivity contribution in [1.29, 1.82) is 5.26 Å². The van der Waals surface area contributed by atoms with E-state index in [1.54, 1.807) is 26.0 Å². The van der Waals surface area contributed by atoms with Crippen molar-refractivity contribution in [3.63, 3.8) is 0 Å². The predicted molar refractivity (Wildman–Crippen MR) is 123 cm³/mol. The van der Waals surface area contributed by atoms with E-state index in [0.29, 0.717) is 22.9 Å². The lowest BCUT2D eigenvalue weighted by Gasteiger charge is -2.14. The highest BCUT2D eigenvalue weighted by atomic mass is 35.5. The summed E-state index contributed by atoms with van der Waals surface area (Å²) in [7, 11) is 0. The van der Waals surface area contributed by atoms with Crippen LogP contribution in [0.2, 0.25) is 15.1 Å². The fourth-order valence-corrected chi connectivity index (χ4v) is 3.07. The Bertz CT molecular complexity index is 1080. The normalized spacial score (nSPS) is 10.8. The molecule has 0 fully saturated rings. The second-order valence-electron chi connectivity index (χ2n) is 6.11. The Morgan fingerprint density at radius 3 is 2.41 bits per heavy atom. The van der Waals surface area contributed by atoms with Gasteiger partial charge >= 0.3 is 5.97 Å². The fourth-order valence-electron chi connectivity index (χ4n) is 2.50. The molecule has 168 valence electrons. The topological polar surface area (TPSA) is 97.7 Å². The molecule has 0 aliphatic carbocycles. The van der Waals surface area contributed by atoms with Crippen LogP contribution in [0.5, 0.6) is 11.5 Å². The number of hydrogen-bond donors (Lipinski definition) is 1. The highest BCUT2D eigenvalue weighted by Gasteiger charge is 2.16. The number of ether oxygens (including phenoxy) is 3. The lowest BCUT2D eigenvalue weighted by molar-refractivity contribution is -0.145. The average Bonchev–Trinajstić information content (AvgIpc) is 2.74. The fraction of sp³-hybridized carbons (Fsp3) is 0.227. The van der Waals surface area contributed by atoms with Crippen molar-refractivity contribution >= 4 is 58.4 Å². The van der Waals surface area contributed by atoms with Gasteiger partial charge in [0.15, 0.2) is 18.1 Å². The van der Waals surface area contributed by atoms with Gasteiger partial charge in [-0.15, -0.1) is 0 Å². The molecule has 0 radical (unpaired) electrons. The van der Waals surface area contributed by atoms with Gasteiger partial charge in [-0.05, 0) is 55.8 Å². The second kappa shape index (κ2) is 12.2. The molecule has 10 heteroatoms. The Balaban J connectivity index is 2.29. The average molecular weight is 498 g/mol. The van der Waals surface area contributed by atoms with E-state index < -0.39 is 11.9 Å². The largest absolute Gasteiger partial charge is 0.490 e. The number of hydrogen-bond acceptors (Lipinski definition) is 6. The maximum atomic E-state index is 12.5. The van der Waals surface area contributed by atoms with E-state index in [1.807, 2.05) is 6.07 Å². The summed E-state index contributed by atoms with van der Waals surface area (Å²) in [6.07, 6.45) is 1.34. The van der Waals surface area contributed by atoms with Gasteiger partial charge in [0.05, 0.1) is 28.3 Å². The molecule has 1 amide bonds. The quantitative estimate of drug-likeness (QED) is 0.278. The zero-order valence-corrected chi connectivity index (χ0v) is 19.5. The molecule has 32 heavy (non-hydrogen) atoms. The van der Waals surface area contributed by atoms with Crippen molar-refractivity contribution in [2.45, 2.75) is 13.8 Å². The van der Waals surface area contributed by atoms with Crippen LogP contribution in [0.3, 0.4) is 0 Å². The maximum Gasteiger partial charge on any atom is 0.344 e. The summed E-state index contributed by atoms with van der Waals surface area (Å²) in [5.74, 6) is -0.807. The monoisotopic (exact) mass is 496 g/mol. The molecule has 0 unspecified atom stereocenters. The van der Waals surface area contributed by atoms with Crippen LogP contribution in [0.15, 0.2) is 35.9 Å². The molecular weight excluding hydrogens is 479 g/mol. The minimum Gasteiger partial charge on any atom is -0.490 e. The van der Waals surface area contributed by atoms with Crippen LogP contribution in [0.25, 0.3) is 6.08 Å². The minimum atomic E-state index is -0.650. The molecule has 0 saturated heterocycles. The van der Waals surface area contributed by atoms with E-state index >= 15 is 0 Å². The molecule has 0 aliphatic heterocycles. The molecule has 0 spiro atoms. The third-order valence-electron chi connectivity index (χ3n) is 3.82. The number of carbonyl (C=O) groups excluding carboxylic acids is 2. The van der Waals surface area contributed by atoms with Gasteiger partial charge in [0.2, 0.25) is 0 Å². The van der Waals surface area contributed by atoms with E-state index in [2.05, 4.69) is 5.32 Å². The van der Waals surface area contributed by atoms with E-state index in [9.17, 15) is 14.9 Å². The number of anilines is 1. The molecule has 0 aromatic heterocycles. The first kappa shape index (κ1) is 25.3. The van der Waals surface area contributed by atoms with Gasteiger partial charge in [0.25, 0.3) is 5.91 Å². The SMILES string of the molecule is CCOC(=O)COc1c(Cl)cc(/C=C(\C#N)C(=O)Nc2ccc(Cl)c(Cl)c2)cc1OCC. The number of nitriles is 1. The van der Waals surface area contributed by atoms with Gasteiger partial charge in [-0.1, -0.05) is 34.8 Å². The third kappa shape index (κ3) is 7.06. The summed E-state index contributed by atoms with van der Waals surface area (Å²) >= 11 is 18.1. The van der Waals surface area contributed by atoms with Crippen LogP contribution in [-0.2, 0) is 14.3 Å². The van der Waals surface area contributed by atoms with Crippen molar-refractivity contribution in [1.82, 2.24) is 0 Å². The first-order valence-electron chi connectivity index (χ1n) is 9.42. The number of halogens is 3. The lowest BCUT2D eigenvalue weighted by atomic mass is 10.1. The summed E-state index contributed by atoms with van der Waals surface area (Å²) in [6.45, 7) is 3.61. The van der Waals surface area contributed by atoms with Gasteiger partial charge in [0.1, 0.15) is 11.6 Å². The molecule has 0 bridgehead atoms. The van der Waals surface area contributed by atoms with Crippen LogP contribution in [0.1, 0.15) is 19.4 Å². The van der Waals surface area contributed by atoms with Gasteiger partial charge in [0, 0.05) is 5.69 Å². The number of nitrogens with one attached hydrogen (secondary N) is 1. The smallest absolute Gasteiger partial charge is 0.344 e. The van der Waals surface area contributed by atoms with E-state index in [0.717, 1.165) is 0 Å². The first-order valence-corrected chi connectivity index (χ1v) is 10.5. The zero-order chi connectivity index (χ0) is 23.7. The molecule has 2 aromatic rings. The van der Waals surface area contributed by atoms with E-state index in [4.69, 9.17) is 49.0 Å². The molecule has 0 aliphatic rings. The van der Waals surface area contributed by atoms with Crippen molar-refractivity contribution in [3.8, 4) is 17.6 Å². The number of benzene rings is 2. The molecule has 2 rings (SSSR count). The van der Waals surface area contributed by atoms with Gasteiger partial charge < -0.3 is 19.5 Å². The summed E-state index contributed by atoms with van der Waals surface area (Å²) in [5.41, 5.74) is 0.610. The highest BCUT2D eigenvalue weighted by molar-refractivity contribution is 6.42. The van der Waals surface area contributed by atoms with Crippen molar-refractivity contribution in [2.24, 2.45) is 0 Å². The molecule has 0 saturated carbocycles. The summed E-state index contributed by atoms with van der Waals surface area (Å²) in [5, 5.41) is 12.8. The van der Waals surface area contributed by atoms with Gasteiger partial charge in [-0.25, -0.2) is 4.79 Å². The van der Waals surface area contributed by atoms with Crippen molar-refractivity contribution < 1.29 is 23.8 Å². The van der Waals surface area contributed by atoms with Crippen molar-refractivity contribution in [2.75, 3.05) is 25.1 Å². The molecular formula is C22H19Cl3N2O5. The Morgan fingerprint density at radius 2 is 1.78 bits per heavy atom. The van der Waals surface area contributed by atoms with Crippen LogP contribution in [-0.4, -0.2) is 31.7 Å². The van der Waals surface area contributed by atoms with E-state index in [-0.39, 0.29) is 40.3 Å². The lowest BCUT2D eigenvalue weighted by Crippen LogP contribution is -2.15. The Labute approximate surface area is 200 Å². The number of rotatable bonds is 9. The molecule has 0 heterocycles. The molecule has 0 atom stereocenters. The highest BCUT2D eigenvalue weighted by Crippen LogP contribution is 2.37. The Hall–Kier alpha value is -2.92. The summed E-state index contributed by atoms with van der Waals surface area (Å²) in [4.78, 5) is 24.1. The van der Waals surface area contributed by atoms with E-state index in [1.165, 1.54) is 24.3 Å². The van der Waals surface area contributed by atoms with Crippen molar-refractivity contribution in [3.05, 3.63) is 56.5 Å². The standard InChI is InChI=1S/C22H19Cl3N2O5/c1-3-30-19-9-13(8-18(25)21(19)32-12-20(28)31-4-2)7-14(11-26)22(29)27-15-5-6-16(23)17(24)10-15/h5-10H,3-4,12H2,1-2H3,(H,27,29)/b14-7+. The van der Waals surface area contributed by atoms with Crippen LogP contribution >= 0.6 is 34.8 Å². The second-order valence-corrected chi connectivity index (χ2v) is 7.33. The summed E-state index contributed by atoms with van der Waals surface area (Å²) in [6, 6.07) is 9.42. The van der Waals surface area contributed by atoms with Crippen LogP contribution in [0, 0.1) is 11.3 Å². The minimum absolute atomic E-state index is 0.133. The number of esters is 1. The van der Waals surface area contributed by atoms with Crippen LogP contribution < -0.4 is 14.8 Å². The molecule has 2 aromatic carbocycles. The molecule has 7 nitrogen and oxygen atoms in total. The summed E-state index contributed by atoms with van der Waals surface area (Å²) < 4.78 is 15.8. The van der Waals surface area contributed by atoms with Crippen LogP contribution in [0.4, 0.5) is 5.69 Å². The van der Waals surface area contributed by atoms with Gasteiger partial charge in [-0.2, -0.15) is 5.26 Å². The number of carbonyl (C=O) groups is 2. The number of nitrogens with zero attached hydrogens (tertiary/aromatic N) is 1. The Kier molecular flexibility index (Phi) is 9.66. The predicted octanol–water partition coefficient (Wildman–Crippen LogP) is 5.53. The zero-order valence-electron chi connectivity index (χ0n) is 17.2. The first-order chi connectivity index (χ1) is 15.3. The molecule has 1 N–H and O–H groups in total. The van der Waals surface area contributed by atoms with Gasteiger partial charge in [-0.3, -0.25) is 4.79 Å².